The summed E-state index contributed by atoms with van der Waals surface area (Å²) in [6.45, 7) is 6.20. The Hall–Kier alpha value is -3.78. The molecule has 0 N–H and O–H groups in total. The van der Waals surface area contributed by atoms with Gasteiger partial charge in [0.05, 0.1) is 0 Å². The molecule has 0 heterocycles. The fourth-order valence-corrected chi connectivity index (χ4v) is 6.16. The maximum absolute atomic E-state index is 5.34. The van der Waals surface area contributed by atoms with Crippen LogP contribution in [-0.4, -0.2) is 4.31 Å². The molecule has 0 radical (unpaired) electrons. The Morgan fingerprint density at radius 3 is 1.20 bits per heavy atom. The van der Waals surface area contributed by atoms with E-state index in [4.69, 9.17) is 18.6 Å². The van der Waals surface area contributed by atoms with Gasteiger partial charge in [0.15, 0.2) is 0 Å². The zero-order valence-electron chi connectivity index (χ0n) is 25.7. The Morgan fingerprint density at radius 1 is 0.467 bits per heavy atom. The van der Waals surface area contributed by atoms with Gasteiger partial charge >= 0.3 is 45.1 Å². The third-order valence-corrected chi connectivity index (χ3v) is 10.6. The summed E-state index contributed by atoms with van der Waals surface area (Å²) in [4.78, 5) is 0. The first kappa shape index (κ1) is 31.2. The van der Waals surface area contributed by atoms with E-state index in [0.29, 0.717) is 0 Å². The minimum absolute atomic E-state index is 1.30. The van der Waals surface area contributed by atoms with Gasteiger partial charge in [0.1, 0.15) is 0 Å². The van der Waals surface area contributed by atoms with E-state index < -0.39 is 15.3 Å². The van der Waals surface area contributed by atoms with Crippen LogP contribution in [0, 0.1) is 13.8 Å². The smallest absolute Gasteiger partial charge is 0.0114 e. The summed E-state index contributed by atoms with van der Waals surface area (Å²) in [7, 11) is 10.7. The molecule has 0 aromatic heterocycles. The number of hydrogen-bond donors (Lipinski definition) is 0. The van der Waals surface area contributed by atoms with Gasteiger partial charge in [-0.05, 0) is 32.7 Å². The molecule has 0 saturated heterocycles. The summed E-state index contributed by atoms with van der Waals surface area (Å²) >= 11 is -1.54. The van der Waals surface area contributed by atoms with E-state index in [-0.39, 0.29) is 0 Å². The molecule has 8 rings (SSSR count). The molecule has 0 fully saturated rings. The molecule has 0 amide bonds. The molecule has 3 heteroatoms. The molecule has 0 bridgehead atoms. The van der Waals surface area contributed by atoms with Gasteiger partial charge in [0, 0.05) is 0 Å². The van der Waals surface area contributed by atoms with Gasteiger partial charge < -0.3 is 0 Å². The first-order valence-electron chi connectivity index (χ1n) is 15.2. The molecule has 8 aromatic rings. The standard InChI is InChI=1S/2C20H15.C2H4.2ClH.Ti/c2*1-14-12-16-8-5-11-19(20(16)13-14)18-10-4-7-15-6-2-3-9-17(15)18;1-2;;;/h2*2-13H,1H3;1H,2H3;2*1H;/q2*-1;;;;+2/p-2. The summed E-state index contributed by atoms with van der Waals surface area (Å²) < 4.78 is 1.86. The van der Waals surface area contributed by atoms with Crippen molar-refractivity contribution in [2.24, 2.45) is 0 Å². The third kappa shape index (κ3) is 6.91. The molecule has 0 unspecified atom stereocenters. The minimum atomic E-state index is -1.54. The maximum Gasteiger partial charge on any atom is -0.0114 e. The zero-order chi connectivity index (χ0) is 31.3. The topological polar surface area (TPSA) is 0 Å². The molecule has 222 valence electrons. The fraction of sp³-hybridized carbons (Fsp3) is 0.0714. The largest absolute Gasteiger partial charge is 0.165 e. The van der Waals surface area contributed by atoms with Gasteiger partial charge in [-0.25, -0.2) is 0 Å². The van der Waals surface area contributed by atoms with Gasteiger partial charge in [-0.3, -0.25) is 0 Å². The summed E-state index contributed by atoms with van der Waals surface area (Å²) in [5, 5.41) is 10.6. The van der Waals surface area contributed by atoms with Crippen molar-refractivity contribution in [1.29, 1.82) is 0 Å². The molecular weight excluding hydrogens is 623 g/mol. The van der Waals surface area contributed by atoms with Crippen molar-refractivity contribution >= 4 is 66.0 Å². The second kappa shape index (κ2) is 14.1. The van der Waals surface area contributed by atoms with E-state index in [1.54, 1.807) is 0 Å². The van der Waals surface area contributed by atoms with E-state index in [9.17, 15) is 0 Å². The molecule has 0 aliphatic rings. The molecule has 0 aliphatic heterocycles. The van der Waals surface area contributed by atoms with Crippen LogP contribution in [0.15, 0.2) is 146 Å². The van der Waals surface area contributed by atoms with Crippen molar-refractivity contribution in [1.82, 2.24) is 0 Å². The quantitative estimate of drug-likeness (QED) is 0.128. The summed E-state index contributed by atoms with van der Waals surface area (Å²) in [6, 6.07) is 52.5. The average molecular weight is 658 g/mol. The zero-order valence-corrected chi connectivity index (χ0v) is 28.8. The van der Waals surface area contributed by atoms with Crippen molar-refractivity contribution in [3.05, 3.63) is 157 Å². The fourth-order valence-electron chi connectivity index (χ4n) is 6.16. The summed E-state index contributed by atoms with van der Waals surface area (Å²) in [6.07, 6.45) is 0. The third-order valence-electron chi connectivity index (χ3n) is 8.17. The number of halogens is 2. The molecule has 0 atom stereocenters. The van der Waals surface area contributed by atoms with Crippen molar-refractivity contribution in [2.45, 2.75) is 20.8 Å². The van der Waals surface area contributed by atoms with Gasteiger partial charge in [-0.1, -0.05) is 122 Å². The summed E-state index contributed by atoms with van der Waals surface area (Å²) in [5.74, 6) is 0. The molecular formula is C42H34Cl2Ti-2. The number of fused-ring (bicyclic) bond motifs is 4. The second-order valence-electron chi connectivity index (χ2n) is 11.3. The van der Waals surface area contributed by atoms with Crippen molar-refractivity contribution in [3.63, 3.8) is 0 Å². The van der Waals surface area contributed by atoms with Crippen molar-refractivity contribution in [3.8, 4) is 22.3 Å². The molecule has 0 spiro atoms. The van der Waals surface area contributed by atoms with Crippen LogP contribution in [0.2, 0.25) is 0 Å². The van der Waals surface area contributed by atoms with Gasteiger partial charge in [0.2, 0.25) is 0 Å². The van der Waals surface area contributed by atoms with Crippen LogP contribution in [0.3, 0.4) is 0 Å². The van der Waals surface area contributed by atoms with E-state index >= 15 is 0 Å². The van der Waals surface area contributed by atoms with Crippen LogP contribution in [0.25, 0.3) is 65.3 Å². The van der Waals surface area contributed by atoms with Crippen LogP contribution in [0.5, 0.6) is 0 Å². The Labute approximate surface area is 279 Å². The number of hydrogen-bond acceptors (Lipinski definition) is 0. The number of benzene rings is 6. The Morgan fingerprint density at radius 2 is 0.800 bits per heavy atom. The van der Waals surface area contributed by atoms with Gasteiger partial charge in [-0.2, -0.15) is 12.1 Å². The predicted molar refractivity (Wildman–Crippen MR) is 198 cm³/mol. The molecule has 0 saturated carbocycles. The van der Waals surface area contributed by atoms with E-state index in [0.717, 1.165) is 0 Å². The van der Waals surface area contributed by atoms with Crippen LogP contribution >= 0.6 is 18.6 Å². The van der Waals surface area contributed by atoms with E-state index in [2.05, 4.69) is 159 Å². The van der Waals surface area contributed by atoms with Crippen LogP contribution in [-0.2, 0) is 15.3 Å². The van der Waals surface area contributed by atoms with Gasteiger partial charge in [-0.15, -0.1) is 69.1 Å². The van der Waals surface area contributed by atoms with E-state index in [1.807, 2.05) is 11.2 Å². The van der Waals surface area contributed by atoms with Crippen LogP contribution in [0.4, 0.5) is 0 Å². The van der Waals surface area contributed by atoms with E-state index in [1.165, 1.54) is 76.5 Å². The summed E-state index contributed by atoms with van der Waals surface area (Å²) in [5.41, 5.74) is 7.94. The van der Waals surface area contributed by atoms with Crippen LogP contribution in [0.1, 0.15) is 18.1 Å². The number of aryl methyl sites for hydroxylation is 2. The SMILES string of the molecule is C[CH]=[Ti]([Cl])[Cl].Cc1cc2c(-c3cccc4ccccc34)cccc2[cH-]1.Cc1cc2c(-c3cccc4ccccc34)cccc2[cH-]1. The monoisotopic (exact) mass is 656 g/mol. The minimum Gasteiger partial charge on any atom is -0.165 e. The first-order valence-corrected chi connectivity index (χ1v) is 20.4. The molecule has 8 aromatic carbocycles. The maximum atomic E-state index is 5.34. The Kier molecular flexibility index (Phi) is 9.79. The normalized spacial score (nSPS) is 10.8. The predicted octanol–water partition coefficient (Wildman–Crippen LogP) is 13.1. The average Bonchev–Trinajstić information content (AvgIpc) is 3.65. The second-order valence-corrected chi connectivity index (χ2v) is 17.3. The Bertz CT molecular complexity index is 2110. The molecule has 0 nitrogen and oxygen atoms in total. The molecule has 45 heavy (non-hydrogen) atoms. The number of rotatable bonds is 2. The van der Waals surface area contributed by atoms with Crippen molar-refractivity contribution < 1.29 is 15.3 Å². The van der Waals surface area contributed by atoms with Crippen LogP contribution < -0.4 is 0 Å². The first-order chi connectivity index (χ1) is 21.9. The Balaban J connectivity index is 0.000000139. The molecule has 0 aliphatic carbocycles. The van der Waals surface area contributed by atoms with Gasteiger partial charge in [0.25, 0.3) is 0 Å². The van der Waals surface area contributed by atoms with Crippen molar-refractivity contribution in [2.75, 3.05) is 0 Å².